The van der Waals surface area contributed by atoms with E-state index in [1.165, 1.54) is 7.11 Å². The van der Waals surface area contributed by atoms with Gasteiger partial charge in [0.25, 0.3) is 0 Å². The van der Waals surface area contributed by atoms with Gasteiger partial charge in [-0.05, 0) is 11.6 Å². The molecule has 0 saturated carbocycles. The number of para-hydroxylation sites is 1. The molecule has 1 aliphatic rings. The Morgan fingerprint density at radius 2 is 2.23 bits per heavy atom. The quantitative estimate of drug-likeness (QED) is 0.508. The lowest BCUT2D eigenvalue weighted by Gasteiger charge is -2.25. The first kappa shape index (κ1) is 17.0. The summed E-state index contributed by atoms with van der Waals surface area (Å²) in [5.41, 5.74) is 14.5. The van der Waals surface area contributed by atoms with E-state index in [1.54, 1.807) is 24.3 Å². The van der Waals surface area contributed by atoms with Crippen LogP contribution in [0.15, 0.2) is 56.1 Å². The number of nitrogens with zero attached hydrogens (tertiary/aromatic N) is 4. The number of hydrogen-bond donors (Lipinski definition) is 1. The van der Waals surface area contributed by atoms with Crippen LogP contribution in [0.2, 0.25) is 0 Å². The van der Waals surface area contributed by atoms with Gasteiger partial charge in [-0.15, -0.1) is 0 Å². The summed E-state index contributed by atoms with van der Waals surface area (Å²) in [7, 11) is 1.49. The van der Waals surface area contributed by atoms with Crippen LogP contribution < -0.4 is 20.6 Å². The number of benzene rings is 1. The molecular formula is C17H13N5O4. The van der Waals surface area contributed by atoms with E-state index in [0.29, 0.717) is 11.3 Å². The van der Waals surface area contributed by atoms with Crippen molar-refractivity contribution in [3.63, 3.8) is 0 Å². The fraction of sp³-hybridized carbons (Fsp3) is 0.176. The molecule has 0 radical (unpaired) electrons. The monoisotopic (exact) mass is 351 g/mol. The third-order valence-electron chi connectivity index (χ3n) is 3.87. The number of hydrogen-bond acceptors (Lipinski definition) is 7. The maximum absolute atomic E-state index is 12.4. The second-order valence-corrected chi connectivity index (χ2v) is 5.33. The first-order valence-corrected chi connectivity index (χ1v) is 7.49. The average molecular weight is 351 g/mol. The van der Waals surface area contributed by atoms with Crippen molar-refractivity contribution in [3.8, 4) is 17.6 Å². The minimum atomic E-state index is -0.793. The minimum Gasteiger partial charge on any atom is -0.496 e. The molecule has 2 N–H and O–H groups in total. The Balaban J connectivity index is 2.29. The first-order valence-electron chi connectivity index (χ1n) is 7.49. The third-order valence-corrected chi connectivity index (χ3v) is 3.87. The van der Waals surface area contributed by atoms with Crippen molar-refractivity contribution < 1.29 is 13.9 Å². The van der Waals surface area contributed by atoms with Crippen LogP contribution in [0.1, 0.15) is 23.0 Å². The molecule has 1 aromatic carbocycles. The van der Waals surface area contributed by atoms with E-state index in [4.69, 9.17) is 25.2 Å². The van der Waals surface area contributed by atoms with Gasteiger partial charge in [-0.2, -0.15) is 5.26 Å². The van der Waals surface area contributed by atoms with Gasteiger partial charge in [0.2, 0.25) is 17.1 Å². The lowest BCUT2D eigenvalue weighted by Crippen LogP contribution is -2.25. The molecule has 1 aliphatic heterocycles. The standard InChI is InChI=1S/C17H13N5O4/c1-24-13-5-3-2-4-10(13)14-11(7-18)17(19)26-15-12(23)6-9(8-21-22-20)25-16(14)15/h2-6,14H,8,19H2,1H3. The van der Waals surface area contributed by atoms with Crippen molar-refractivity contribution in [2.45, 2.75) is 12.5 Å². The van der Waals surface area contributed by atoms with Crippen molar-refractivity contribution >= 4 is 0 Å². The molecule has 0 spiro atoms. The molecule has 1 aromatic heterocycles. The Labute approximate surface area is 147 Å². The second kappa shape index (κ2) is 6.93. The van der Waals surface area contributed by atoms with Crippen LogP contribution in [0.3, 0.4) is 0 Å². The Kier molecular flexibility index (Phi) is 4.51. The summed E-state index contributed by atoms with van der Waals surface area (Å²) in [6.45, 7) is -0.154. The number of rotatable bonds is 4. The van der Waals surface area contributed by atoms with Crippen LogP contribution in [0, 0.1) is 11.3 Å². The second-order valence-electron chi connectivity index (χ2n) is 5.33. The Morgan fingerprint density at radius 3 is 2.92 bits per heavy atom. The SMILES string of the molecule is COc1ccccc1C1C(C#N)=C(N)Oc2c1oc(CN=[N+]=[N-])cc2=O. The van der Waals surface area contributed by atoms with Crippen molar-refractivity contribution in [2.24, 2.45) is 10.8 Å². The molecule has 130 valence electrons. The number of methoxy groups -OCH3 is 1. The number of fused-ring (bicyclic) bond motifs is 1. The summed E-state index contributed by atoms with van der Waals surface area (Å²) in [6, 6.07) is 10.2. The van der Waals surface area contributed by atoms with Crippen LogP contribution in [-0.4, -0.2) is 7.11 Å². The lowest BCUT2D eigenvalue weighted by atomic mass is 9.87. The molecule has 1 atom stereocenters. The molecule has 9 nitrogen and oxygen atoms in total. The molecule has 26 heavy (non-hydrogen) atoms. The zero-order valence-corrected chi connectivity index (χ0v) is 13.7. The van der Waals surface area contributed by atoms with E-state index >= 15 is 0 Å². The fourth-order valence-electron chi connectivity index (χ4n) is 2.78. The fourth-order valence-corrected chi connectivity index (χ4v) is 2.78. The van der Waals surface area contributed by atoms with Gasteiger partial charge in [0.05, 0.1) is 19.6 Å². The van der Waals surface area contributed by atoms with Crippen LogP contribution in [0.4, 0.5) is 0 Å². The first-order chi connectivity index (χ1) is 12.6. The van der Waals surface area contributed by atoms with Gasteiger partial charge in [0.15, 0.2) is 5.76 Å². The molecule has 3 rings (SSSR count). The molecule has 9 heteroatoms. The van der Waals surface area contributed by atoms with E-state index in [9.17, 15) is 10.1 Å². The van der Waals surface area contributed by atoms with Crippen LogP contribution >= 0.6 is 0 Å². The van der Waals surface area contributed by atoms with Gasteiger partial charge >= 0.3 is 0 Å². The van der Waals surface area contributed by atoms with E-state index in [1.807, 2.05) is 6.07 Å². The summed E-state index contributed by atoms with van der Waals surface area (Å²) in [4.78, 5) is 15.1. The van der Waals surface area contributed by atoms with Gasteiger partial charge in [-0.1, -0.05) is 23.3 Å². The summed E-state index contributed by atoms with van der Waals surface area (Å²) in [6.07, 6.45) is 0. The largest absolute Gasteiger partial charge is 0.496 e. The zero-order chi connectivity index (χ0) is 18.7. The lowest BCUT2D eigenvalue weighted by molar-refractivity contribution is 0.330. The van der Waals surface area contributed by atoms with Gasteiger partial charge in [0.1, 0.15) is 23.2 Å². The van der Waals surface area contributed by atoms with Crippen molar-refractivity contribution in [3.05, 3.63) is 79.5 Å². The highest BCUT2D eigenvalue weighted by Gasteiger charge is 2.36. The zero-order valence-electron chi connectivity index (χ0n) is 13.7. The van der Waals surface area contributed by atoms with Crippen LogP contribution in [0.25, 0.3) is 10.4 Å². The highest BCUT2D eigenvalue weighted by Crippen LogP contribution is 2.43. The Bertz CT molecular complexity index is 1040. The van der Waals surface area contributed by atoms with E-state index < -0.39 is 11.3 Å². The summed E-state index contributed by atoms with van der Waals surface area (Å²) >= 11 is 0. The third kappa shape index (κ3) is 2.81. The molecule has 2 aromatic rings. The molecule has 0 bridgehead atoms. The summed E-state index contributed by atoms with van der Waals surface area (Å²) < 4.78 is 16.4. The van der Waals surface area contributed by atoms with Crippen LogP contribution in [0.5, 0.6) is 11.5 Å². The van der Waals surface area contributed by atoms with Gasteiger partial charge in [-0.25, -0.2) is 0 Å². The van der Waals surface area contributed by atoms with Crippen molar-refractivity contribution in [1.82, 2.24) is 0 Å². The topological polar surface area (TPSA) is 147 Å². The normalized spacial score (nSPS) is 15.3. The Morgan fingerprint density at radius 1 is 1.46 bits per heavy atom. The maximum Gasteiger partial charge on any atom is 0.228 e. The number of azide groups is 1. The van der Waals surface area contributed by atoms with Crippen molar-refractivity contribution in [2.75, 3.05) is 7.11 Å². The molecule has 0 aliphatic carbocycles. The molecule has 0 saturated heterocycles. The smallest absolute Gasteiger partial charge is 0.228 e. The Hall–Kier alpha value is -3.89. The van der Waals surface area contributed by atoms with Gasteiger partial charge in [0, 0.05) is 16.5 Å². The van der Waals surface area contributed by atoms with Crippen LogP contribution in [-0.2, 0) is 6.54 Å². The summed E-state index contributed by atoms with van der Waals surface area (Å²) in [5.74, 6) is -0.329. The highest BCUT2D eigenvalue weighted by molar-refractivity contribution is 5.55. The summed E-state index contributed by atoms with van der Waals surface area (Å²) in [5, 5.41) is 13.0. The highest BCUT2D eigenvalue weighted by atomic mass is 16.5. The maximum atomic E-state index is 12.4. The number of allylic oxidation sites excluding steroid dienone is 1. The van der Waals surface area contributed by atoms with E-state index in [-0.39, 0.29) is 35.3 Å². The molecule has 0 fully saturated rings. The molecule has 1 unspecified atom stereocenters. The van der Waals surface area contributed by atoms with Gasteiger partial charge in [-0.3, -0.25) is 4.79 Å². The minimum absolute atomic E-state index is 0.0890. The van der Waals surface area contributed by atoms with Gasteiger partial charge < -0.3 is 19.6 Å². The molecular weight excluding hydrogens is 338 g/mol. The van der Waals surface area contributed by atoms with E-state index in [2.05, 4.69) is 10.0 Å². The molecule has 0 amide bonds. The predicted octanol–water partition coefficient (Wildman–Crippen LogP) is 2.68. The number of nitrogens with two attached hydrogens (primary N) is 1. The van der Waals surface area contributed by atoms with E-state index in [0.717, 1.165) is 6.07 Å². The number of ether oxygens (including phenoxy) is 2. The molecule has 2 heterocycles. The average Bonchev–Trinajstić information content (AvgIpc) is 2.66. The predicted molar refractivity (Wildman–Crippen MR) is 90.1 cm³/mol. The van der Waals surface area contributed by atoms with Crippen molar-refractivity contribution in [1.29, 1.82) is 5.26 Å². The number of nitriles is 1.